The summed E-state index contributed by atoms with van der Waals surface area (Å²) in [5.74, 6) is 0. The minimum atomic E-state index is -0.588. The van der Waals surface area contributed by atoms with Gasteiger partial charge < -0.3 is 9.80 Å². The van der Waals surface area contributed by atoms with E-state index in [-0.39, 0.29) is 0 Å². The smallest absolute Gasteiger partial charge is 0.355 e. The van der Waals surface area contributed by atoms with Crippen LogP contribution in [0, 0.1) is 0 Å². The van der Waals surface area contributed by atoms with Crippen molar-refractivity contribution in [2.45, 2.75) is 0 Å². The van der Waals surface area contributed by atoms with E-state index in [9.17, 15) is 4.79 Å². The number of rotatable bonds is 6. The molecule has 2 aromatic rings. The number of urea groups is 1. The molecule has 28 heavy (non-hydrogen) atoms. The summed E-state index contributed by atoms with van der Waals surface area (Å²) >= 11 is 12.4. The number of hydrogen-bond acceptors (Lipinski definition) is 5. The van der Waals surface area contributed by atoms with E-state index in [1.165, 1.54) is 12.4 Å². The van der Waals surface area contributed by atoms with Crippen LogP contribution in [-0.2, 0) is 0 Å². The van der Waals surface area contributed by atoms with E-state index >= 15 is 0 Å². The summed E-state index contributed by atoms with van der Waals surface area (Å²) in [5.41, 5.74) is 7.95. The quantitative estimate of drug-likeness (QED) is 0.551. The lowest BCUT2D eigenvalue weighted by Crippen LogP contribution is -2.28. The summed E-state index contributed by atoms with van der Waals surface area (Å²) < 4.78 is 0. The zero-order valence-electron chi connectivity index (χ0n) is 16.1. The molecule has 0 saturated carbocycles. The van der Waals surface area contributed by atoms with Gasteiger partial charge in [-0.05, 0) is 36.4 Å². The number of nitrogens with zero attached hydrogens (tertiary/aromatic N) is 4. The molecule has 148 valence electrons. The van der Waals surface area contributed by atoms with Crippen molar-refractivity contribution in [1.29, 1.82) is 0 Å². The number of hydrogen-bond donors (Lipinski definition) is 2. The average Bonchev–Trinajstić information content (AvgIpc) is 2.64. The van der Waals surface area contributed by atoms with Crippen molar-refractivity contribution in [2.75, 3.05) is 38.0 Å². The van der Waals surface area contributed by atoms with Crippen LogP contribution in [0.25, 0.3) is 0 Å². The molecule has 7 nitrogen and oxygen atoms in total. The van der Waals surface area contributed by atoms with Crippen molar-refractivity contribution >= 4 is 53.0 Å². The van der Waals surface area contributed by atoms with Crippen molar-refractivity contribution in [3.8, 4) is 0 Å². The van der Waals surface area contributed by atoms with Crippen LogP contribution in [0.2, 0.25) is 10.0 Å². The number of halogens is 2. The van der Waals surface area contributed by atoms with E-state index in [2.05, 4.69) is 21.1 Å². The highest BCUT2D eigenvalue weighted by atomic mass is 35.5. The second-order valence-corrected chi connectivity index (χ2v) is 7.08. The molecule has 0 fully saturated rings. The van der Waals surface area contributed by atoms with Crippen molar-refractivity contribution in [3.63, 3.8) is 0 Å². The number of benzene rings is 2. The van der Waals surface area contributed by atoms with Gasteiger partial charge in [0, 0.05) is 50.7 Å². The Kier molecular flexibility index (Phi) is 7.66. The molecule has 0 atom stereocenters. The first kappa shape index (κ1) is 21.5. The molecule has 0 aliphatic heterocycles. The molecule has 0 saturated heterocycles. The zero-order chi connectivity index (χ0) is 20.7. The minimum Gasteiger partial charge on any atom is -0.378 e. The molecule has 2 N–H and O–H groups in total. The fourth-order valence-corrected chi connectivity index (χ4v) is 2.59. The fourth-order valence-electron chi connectivity index (χ4n) is 2.14. The van der Waals surface area contributed by atoms with Gasteiger partial charge in [0.05, 0.1) is 22.5 Å². The number of carbonyl (C=O) groups is 1. The van der Waals surface area contributed by atoms with Crippen LogP contribution in [0.15, 0.2) is 46.6 Å². The summed E-state index contributed by atoms with van der Waals surface area (Å²) in [5, 5.41) is 8.79. The van der Waals surface area contributed by atoms with Crippen LogP contribution < -0.4 is 20.7 Å². The van der Waals surface area contributed by atoms with Gasteiger partial charge in [0.15, 0.2) is 0 Å². The molecule has 2 amide bonds. The Morgan fingerprint density at radius 3 is 1.54 bits per heavy atom. The van der Waals surface area contributed by atoms with Gasteiger partial charge in [-0.3, -0.25) is 0 Å². The molecule has 0 aromatic heterocycles. The molecule has 2 aromatic carbocycles. The van der Waals surface area contributed by atoms with Gasteiger partial charge in [-0.2, -0.15) is 10.2 Å². The molecular weight excluding hydrogens is 399 g/mol. The molecule has 0 aliphatic rings. The zero-order valence-corrected chi connectivity index (χ0v) is 17.6. The molecule has 0 spiro atoms. The molecular formula is C19H22Cl2N6O. The van der Waals surface area contributed by atoms with Gasteiger partial charge in [-0.1, -0.05) is 23.2 Å². The van der Waals surface area contributed by atoms with E-state index in [0.29, 0.717) is 21.2 Å². The van der Waals surface area contributed by atoms with Crippen LogP contribution in [0.3, 0.4) is 0 Å². The van der Waals surface area contributed by atoms with Gasteiger partial charge in [-0.25, -0.2) is 15.6 Å². The molecule has 0 radical (unpaired) electrons. The van der Waals surface area contributed by atoms with Crippen molar-refractivity contribution in [1.82, 2.24) is 10.9 Å². The Hall–Kier alpha value is -2.77. The average molecular weight is 421 g/mol. The number of hydrazone groups is 2. The predicted molar refractivity (Wildman–Crippen MR) is 118 cm³/mol. The molecule has 0 unspecified atom stereocenters. The fraction of sp³-hybridized carbons (Fsp3) is 0.211. The standard InChI is InChI=1S/C19H22Cl2N6O/c1-26(2)15-7-5-13(17(20)9-15)11-22-24-19(28)25-23-12-14-6-8-16(27(3)4)10-18(14)21/h5-12H,1-4H3,(H2,24,25,28). The van der Waals surface area contributed by atoms with Gasteiger partial charge in [0.1, 0.15) is 0 Å². The Balaban J connectivity index is 1.89. The first-order valence-corrected chi connectivity index (χ1v) is 9.09. The van der Waals surface area contributed by atoms with E-state index in [0.717, 1.165) is 11.4 Å². The lowest BCUT2D eigenvalue weighted by atomic mass is 10.2. The number of nitrogens with one attached hydrogen (secondary N) is 2. The van der Waals surface area contributed by atoms with Crippen LogP contribution in [0.4, 0.5) is 16.2 Å². The van der Waals surface area contributed by atoms with E-state index < -0.39 is 6.03 Å². The third-order valence-electron chi connectivity index (χ3n) is 3.74. The van der Waals surface area contributed by atoms with Crippen molar-refractivity contribution in [3.05, 3.63) is 57.6 Å². The van der Waals surface area contributed by atoms with Gasteiger partial charge in [0.2, 0.25) is 0 Å². The van der Waals surface area contributed by atoms with Crippen LogP contribution in [0.5, 0.6) is 0 Å². The third kappa shape index (κ3) is 6.14. The summed E-state index contributed by atoms with van der Waals surface area (Å²) in [6.45, 7) is 0. The topological polar surface area (TPSA) is 72.3 Å². The first-order chi connectivity index (χ1) is 13.3. The Labute approximate surface area is 174 Å². The molecule has 0 bridgehead atoms. The SMILES string of the molecule is CN(C)c1ccc(C=NNC(=O)NN=Cc2ccc(N(C)C)cc2Cl)c(Cl)c1. The number of anilines is 2. The van der Waals surface area contributed by atoms with E-state index in [4.69, 9.17) is 23.2 Å². The maximum absolute atomic E-state index is 11.8. The third-order valence-corrected chi connectivity index (χ3v) is 4.39. The number of carbonyl (C=O) groups excluding carboxylic acids is 1. The highest BCUT2D eigenvalue weighted by Crippen LogP contribution is 2.22. The maximum Gasteiger partial charge on any atom is 0.355 e. The monoisotopic (exact) mass is 420 g/mol. The Morgan fingerprint density at radius 1 is 0.821 bits per heavy atom. The largest absolute Gasteiger partial charge is 0.378 e. The van der Waals surface area contributed by atoms with Crippen molar-refractivity contribution in [2.24, 2.45) is 10.2 Å². The minimum absolute atomic E-state index is 0.533. The summed E-state index contributed by atoms with van der Waals surface area (Å²) in [4.78, 5) is 15.6. The van der Waals surface area contributed by atoms with Gasteiger partial charge >= 0.3 is 6.03 Å². The molecule has 0 heterocycles. The molecule has 0 aliphatic carbocycles. The molecule has 2 rings (SSSR count). The van der Waals surface area contributed by atoms with Crippen LogP contribution >= 0.6 is 23.2 Å². The van der Waals surface area contributed by atoms with Gasteiger partial charge in [0.25, 0.3) is 0 Å². The summed E-state index contributed by atoms with van der Waals surface area (Å²) in [7, 11) is 7.70. The second-order valence-electron chi connectivity index (χ2n) is 6.27. The first-order valence-electron chi connectivity index (χ1n) is 8.34. The lowest BCUT2D eigenvalue weighted by Gasteiger charge is -2.13. The van der Waals surface area contributed by atoms with Gasteiger partial charge in [-0.15, -0.1) is 0 Å². The highest BCUT2D eigenvalue weighted by molar-refractivity contribution is 6.33. The number of amides is 2. The maximum atomic E-state index is 11.8. The molecule has 9 heteroatoms. The predicted octanol–water partition coefficient (Wildman–Crippen LogP) is 3.79. The second kappa shape index (κ2) is 9.96. The van der Waals surface area contributed by atoms with E-state index in [1.54, 1.807) is 0 Å². The lowest BCUT2D eigenvalue weighted by molar-refractivity contribution is 0.242. The normalized spacial score (nSPS) is 11.1. The Bertz CT molecular complexity index is 824. The summed E-state index contributed by atoms with van der Waals surface area (Å²) in [6.07, 6.45) is 2.92. The van der Waals surface area contributed by atoms with Crippen LogP contribution in [0.1, 0.15) is 11.1 Å². The van der Waals surface area contributed by atoms with Crippen molar-refractivity contribution < 1.29 is 4.79 Å². The highest BCUT2D eigenvalue weighted by Gasteiger charge is 2.03. The van der Waals surface area contributed by atoms with Crippen LogP contribution in [-0.4, -0.2) is 46.7 Å². The Morgan fingerprint density at radius 2 is 1.21 bits per heavy atom. The summed E-state index contributed by atoms with van der Waals surface area (Å²) in [6, 6.07) is 10.5. The van der Waals surface area contributed by atoms with E-state index in [1.807, 2.05) is 74.4 Å².